The lowest BCUT2D eigenvalue weighted by Crippen LogP contribution is -2.33. The molecule has 21 heavy (non-hydrogen) atoms. The predicted octanol–water partition coefficient (Wildman–Crippen LogP) is 2.06. The lowest BCUT2D eigenvalue weighted by atomic mass is 9.99. The summed E-state index contributed by atoms with van der Waals surface area (Å²) in [6.07, 6.45) is -2.03. The van der Waals surface area contributed by atoms with E-state index in [-0.39, 0.29) is 6.54 Å². The van der Waals surface area contributed by atoms with Crippen molar-refractivity contribution in [2.24, 2.45) is 0 Å². The molecule has 114 valence electrons. The van der Waals surface area contributed by atoms with Gasteiger partial charge in [0.2, 0.25) is 0 Å². The average molecular weight is 293 g/mol. The molecule has 6 heteroatoms. The van der Waals surface area contributed by atoms with E-state index in [9.17, 15) is 14.7 Å². The molecule has 2 N–H and O–H groups in total. The highest BCUT2D eigenvalue weighted by Gasteiger charge is 2.31. The molecule has 0 radical (unpaired) electrons. The Kier molecular flexibility index (Phi) is 3.91. The first-order valence-electron chi connectivity index (χ1n) is 6.68. The average Bonchev–Trinajstić information content (AvgIpc) is 2.79. The number of aliphatic carboxylic acids is 1. The van der Waals surface area contributed by atoms with Crippen molar-refractivity contribution in [2.45, 2.75) is 45.6 Å². The van der Waals surface area contributed by atoms with Gasteiger partial charge in [0.1, 0.15) is 5.60 Å². The smallest absolute Gasteiger partial charge is 0.410 e. The maximum absolute atomic E-state index is 12.1. The molecule has 6 nitrogen and oxygen atoms in total. The quantitative estimate of drug-likeness (QED) is 0.871. The van der Waals surface area contributed by atoms with Gasteiger partial charge in [-0.2, -0.15) is 0 Å². The summed E-state index contributed by atoms with van der Waals surface area (Å²) in [4.78, 5) is 24.5. The molecule has 0 fully saturated rings. The van der Waals surface area contributed by atoms with E-state index in [4.69, 9.17) is 9.84 Å². The minimum atomic E-state index is -1.58. The summed E-state index contributed by atoms with van der Waals surface area (Å²) in [7, 11) is 0. The first-order chi connectivity index (χ1) is 9.69. The van der Waals surface area contributed by atoms with E-state index < -0.39 is 23.8 Å². The molecule has 0 saturated heterocycles. The van der Waals surface area contributed by atoms with Crippen molar-refractivity contribution < 1.29 is 24.5 Å². The van der Waals surface area contributed by atoms with E-state index in [2.05, 4.69) is 0 Å². The van der Waals surface area contributed by atoms with Crippen LogP contribution in [0, 0.1) is 0 Å². The Morgan fingerprint density at radius 1 is 1.29 bits per heavy atom. The van der Waals surface area contributed by atoms with Crippen molar-refractivity contribution in [3.63, 3.8) is 0 Å². The van der Waals surface area contributed by atoms with Crippen molar-refractivity contribution in [3.05, 3.63) is 34.9 Å². The van der Waals surface area contributed by atoms with Crippen molar-refractivity contribution in [3.8, 4) is 0 Å². The van der Waals surface area contributed by atoms with E-state index in [0.717, 1.165) is 5.56 Å². The Morgan fingerprint density at radius 2 is 1.95 bits per heavy atom. The molecule has 1 aliphatic rings. The van der Waals surface area contributed by atoms with Gasteiger partial charge < -0.3 is 14.9 Å². The summed E-state index contributed by atoms with van der Waals surface area (Å²) in [5.41, 5.74) is 1.25. The van der Waals surface area contributed by atoms with Crippen molar-refractivity contribution in [1.29, 1.82) is 0 Å². The zero-order valence-corrected chi connectivity index (χ0v) is 12.3. The fraction of sp³-hybridized carbons (Fsp3) is 0.467. The Labute approximate surface area is 122 Å². The fourth-order valence-electron chi connectivity index (χ4n) is 2.29. The third-order valence-corrected chi connectivity index (χ3v) is 3.20. The summed E-state index contributed by atoms with van der Waals surface area (Å²) in [5.74, 6) is -1.31. The van der Waals surface area contributed by atoms with Gasteiger partial charge in [0.25, 0.3) is 0 Å². The van der Waals surface area contributed by atoms with Crippen LogP contribution in [0.5, 0.6) is 0 Å². The predicted molar refractivity (Wildman–Crippen MR) is 74.5 cm³/mol. The summed E-state index contributed by atoms with van der Waals surface area (Å²) in [5, 5.41) is 18.7. The number of aliphatic hydroxyl groups is 1. The number of carbonyl (C=O) groups excluding carboxylic acids is 1. The number of carboxylic acids is 1. The minimum absolute atomic E-state index is 0.241. The van der Waals surface area contributed by atoms with E-state index >= 15 is 0 Å². The Hall–Kier alpha value is -2.08. The molecule has 1 amide bonds. The first kappa shape index (κ1) is 15.3. The van der Waals surface area contributed by atoms with Crippen LogP contribution in [0.3, 0.4) is 0 Å². The van der Waals surface area contributed by atoms with Gasteiger partial charge >= 0.3 is 12.1 Å². The van der Waals surface area contributed by atoms with Gasteiger partial charge in [0, 0.05) is 6.54 Å². The Bertz CT molecular complexity index is 576. The molecular weight excluding hydrogens is 274 g/mol. The standard InChI is InChI=1S/C15H19NO5/c1-15(2,3)21-14(20)16-7-9-5-4-6-10(11(9)8-16)12(17)13(18)19/h4-6,12,17H,7-8H2,1-3H3,(H,18,19). The molecule has 2 rings (SSSR count). The van der Waals surface area contributed by atoms with Crippen LogP contribution in [-0.2, 0) is 22.6 Å². The number of benzene rings is 1. The van der Waals surface area contributed by atoms with Gasteiger partial charge in [-0.3, -0.25) is 4.90 Å². The first-order valence-corrected chi connectivity index (χ1v) is 6.68. The number of carboxylic acid groups (broad SMARTS) is 1. The van der Waals surface area contributed by atoms with Crippen LogP contribution in [0.15, 0.2) is 18.2 Å². The van der Waals surface area contributed by atoms with E-state index in [1.54, 1.807) is 32.9 Å². The normalized spacial score (nSPS) is 15.5. The maximum Gasteiger partial charge on any atom is 0.410 e. The highest BCUT2D eigenvalue weighted by atomic mass is 16.6. The van der Waals surface area contributed by atoms with Crippen LogP contribution >= 0.6 is 0 Å². The van der Waals surface area contributed by atoms with Gasteiger partial charge in [0.05, 0.1) is 6.54 Å². The number of ether oxygens (including phenoxy) is 1. The number of carbonyl (C=O) groups is 2. The maximum atomic E-state index is 12.1. The van der Waals surface area contributed by atoms with E-state index in [0.29, 0.717) is 17.7 Å². The van der Waals surface area contributed by atoms with Crippen LogP contribution in [0.1, 0.15) is 43.6 Å². The fourth-order valence-corrected chi connectivity index (χ4v) is 2.29. The van der Waals surface area contributed by atoms with Crippen LogP contribution in [0.25, 0.3) is 0 Å². The number of nitrogens with zero attached hydrogens (tertiary/aromatic N) is 1. The third kappa shape index (κ3) is 3.33. The zero-order chi connectivity index (χ0) is 15.8. The molecule has 0 aliphatic carbocycles. The number of amides is 1. The van der Waals surface area contributed by atoms with Gasteiger partial charge in [-0.05, 0) is 37.5 Å². The molecular formula is C15H19NO5. The largest absolute Gasteiger partial charge is 0.479 e. The molecule has 1 heterocycles. The summed E-state index contributed by atoms with van der Waals surface area (Å²) in [6, 6.07) is 5.06. The summed E-state index contributed by atoms with van der Waals surface area (Å²) < 4.78 is 5.31. The SMILES string of the molecule is CC(C)(C)OC(=O)N1Cc2cccc(C(O)C(=O)O)c2C1. The number of rotatable bonds is 2. The minimum Gasteiger partial charge on any atom is -0.479 e. The molecule has 1 atom stereocenters. The Morgan fingerprint density at radius 3 is 2.52 bits per heavy atom. The second kappa shape index (κ2) is 5.37. The number of hydrogen-bond acceptors (Lipinski definition) is 4. The summed E-state index contributed by atoms with van der Waals surface area (Å²) >= 11 is 0. The molecule has 0 saturated carbocycles. The molecule has 0 bridgehead atoms. The number of aliphatic hydroxyl groups excluding tert-OH is 1. The van der Waals surface area contributed by atoms with Crippen molar-refractivity contribution in [2.75, 3.05) is 0 Å². The summed E-state index contributed by atoms with van der Waals surface area (Å²) in [6.45, 7) is 5.95. The number of fused-ring (bicyclic) bond motifs is 1. The van der Waals surface area contributed by atoms with Gasteiger partial charge in [0.15, 0.2) is 6.10 Å². The van der Waals surface area contributed by atoms with Crippen LogP contribution < -0.4 is 0 Å². The monoisotopic (exact) mass is 293 g/mol. The van der Waals surface area contributed by atoms with Gasteiger partial charge in [-0.25, -0.2) is 9.59 Å². The molecule has 0 aromatic heterocycles. The lowest BCUT2D eigenvalue weighted by molar-refractivity contribution is -0.147. The van der Waals surface area contributed by atoms with E-state index in [1.165, 1.54) is 4.90 Å². The van der Waals surface area contributed by atoms with Crippen LogP contribution in [-0.4, -0.2) is 32.8 Å². The molecule has 1 aromatic carbocycles. The van der Waals surface area contributed by atoms with Crippen molar-refractivity contribution >= 4 is 12.1 Å². The van der Waals surface area contributed by atoms with Gasteiger partial charge in [-0.1, -0.05) is 18.2 Å². The molecule has 1 aromatic rings. The van der Waals surface area contributed by atoms with Crippen molar-refractivity contribution in [1.82, 2.24) is 4.90 Å². The second-order valence-electron chi connectivity index (χ2n) is 6.06. The highest BCUT2D eigenvalue weighted by molar-refractivity contribution is 5.75. The van der Waals surface area contributed by atoms with Gasteiger partial charge in [-0.15, -0.1) is 0 Å². The zero-order valence-electron chi connectivity index (χ0n) is 12.3. The lowest BCUT2D eigenvalue weighted by Gasteiger charge is -2.24. The number of hydrogen-bond donors (Lipinski definition) is 2. The second-order valence-corrected chi connectivity index (χ2v) is 6.06. The highest BCUT2D eigenvalue weighted by Crippen LogP contribution is 2.30. The molecule has 0 spiro atoms. The van der Waals surface area contributed by atoms with Crippen LogP contribution in [0.4, 0.5) is 4.79 Å². The van der Waals surface area contributed by atoms with Crippen LogP contribution in [0.2, 0.25) is 0 Å². The van der Waals surface area contributed by atoms with E-state index in [1.807, 2.05) is 6.07 Å². The Balaban J connectivity index is 2.21. The third-order valence-electron chi connectivity index (χ3n) is 3.20. The molecule has 1 unspecified atom stereocenters. The molecule has 1 aliphatic heterocycles. The topological polar surface area (TPSA) is 87.1 Å².